The quantitative estimate of drug-likeness (QED) is 0.894. The van der Waals surface area contributed by atoms with Crippen LogP contribution < -0.4 is 14.8 Å². The number of fused-ring (bicyclic) bond motifs is 1. The summed E-state index contributed by atoms with van der Waals surface area (Å²) in [6.45, 7) is 5.91. The third-order valence-electron chi connectivity index (χ3n) is 3.06. The molecule has 0 saturated heterocycles. The molecule has 1 heterocycles. The van der Waals surface area contributed by atoms with Crippen LogP contribution in [0.5, 0.6) is 11.5 Å². The first-order valence-electron chi connectivity index (χ1n) is 6.35. The van der Waals surface area contributed by atoms with E-state index in [1.807, 2.05) is 19.2 Å². The monoisotopic (exact) mass is 329 g/mol. The lowest BCUT2D eigenvalue weighted by Gasteiger charge is -2.19. The summed E-state index contributed by atoms with van der Waals surface area (Å²) in [7, 11) is 1.81. The molecule has 4 nitrogen and oxygen atoms in total. The summed E-state index contributed by atoms with van der Waals surface area (Å²) in [5.74, 6) is 1.41. The summed E-state index contributed by atoms with van der Waals surface area (Å²) >= 11 is 3.48. The highest BCUT2D eigenvalue weighted by molar-refractivity contribution is 9.10. The Morgan fingerprint density at radius 2 is 1.89 bits per heavy atom. The topological polar surface area (TPSA) is 50.7 Å². The van der Waals surface area contributed by atoms with Crippen LogP contribution in [0.1, 0.15) is 25.5 Å². The maximum atomic E-state index is 10.1. The van der Waals surface area contributed by atoms with E-state index in [1.54, 1.807) is 0 Å². The first-order valence-corrected chi connectivity index (χ1v) is 7.14. The molecule has 0 radical (unpaired) electrons. The Labute approximate surface area is 122 Å². The third-order valence-corrected chi connectivity index (χ3v) is 3.74. The summed E-state index contributed by atoms with van der Waals surface area (Å²) in [5.41, 5.74) is 0.784. The smallest absolute Gasteiger partial charge is 0.162 e. The van der Waals surface area contributed by atoms with Crippen LogP contribution in [0.4, 0.5) is 0 Å². The molecule has 2 rings (SSSR count). The zero-order valence-electron chi connectivity index (χ0n) is 11.5. The van der Waals surface area contributed by atoms with Crippen molar-refractivity contribution in [3.05, 3.63) is 22.2 Å². The van der Waals surface area contributed by atoms with Crippen molar-refractivity contribution < 1.29 is 14.6 Å². The van der Waals surface area contributed by atoms with Gasteiger partial charge in [-0.15, -0.1) is 0 Å². The number of aliphatic hydroxyl groups excluding tert-OH is 1. The van der Waals surface area contributed by atoms with Crippen LogP contribution in [0.3, 0.4) is 0 Å². The Balaban J connectivity index is 2.31. The van der Waals surface area contributed by atoms with Crippen molar-refractivity contribution in [3.8, 4) is 11.5 Å². The highest BCUT2D eigenvalue weighted by Gasteiger charge is 2.26. The minimum atomic E-state index is -0.579. The Bertz CT molecular complexity index is 462. The van der Waals surface area contributed by atoms with Crippen molar-refractivity contribution in [3.63, 3.8) is 0 Å². The van der Waals surface area contributed by atoms with Crippen LogP contribution in [0, 0.1) is 5.41 Å². The highest BCUT2D eigenvalue weighted by Crippen LogP contribution is 2.39. The van der Waals surface area contributed by atoms with Crippen LogP contribution in [0.2, 0.25) is 0 Å². The molecule has 0 fully saturated rings. The average Bonchev–Trinajstić information content (AvgIpc) is 2.48. The zero-order chi connectivity index (χ0) is 14.0. The van der Waals surface area contributed by atoms with Gasteiger partial charge in [0.15, 0.2) is 11.5 Å². The highest BCUT2D eigenvalue weighted by atomic mass is 79.9. The van der Waals surface area contributed by atoms with Crippen LogP contribution >= 0.6 is 15.9 Å². The number of benzene rings is 1. The van der Waals surface area contributed by atoms with Crippen molar-refractivity contribution in [2.45, 2.75) is 20.0 Å². The van der Waals surface area contributed by atoms with Gasteiger partial charge in [-0.05, 0) is 24.7 Å². The zero-order valence-corrected chi connectivity index (χ0v) is 13.1. The first-order chi connectivity index (χ1) is 8.93. The molecule has 1 aromatic rings. The Morgan fingerprint density at radius 1 is 1.32 bits per heavy atom. The molecule has 2 N–H and O–H groups in total. The lowest BCUT2D eigenvalue weighted by molar-refractivity contribution is 0.140. The molecule has 0 saturated carbocycles. The molecule has 106 valence electrons. The molecule has 1 aromatic carbocycles. The van der Waals surface area contributed by atoms with Gasteiger partial charge in [-0.1, -0.05) is 29.8 Å². The molecule has 0 bridgehead atoms. The van der Waals surface area contributed by atoms with E-state index < -0.39 is 6.10 Å². The van der Waals surface area contributed by atoms with Crippen LogP contribution in [0.15, 0.2) is 16.6 Å². The van der Waals surface area contributed by atoms with Gasteiger partial charge in [-0.3, -0.25) is 0 Å². The second-order valence-corrected chi connectivity index (χ2v) is 6.49. The van der Waals surface area contributed by atoms with Crippen molar-refractivity contribution >= 4 is 15.9 Å². The van der Waals surface area contributed by atoms with Gasteiger partial charge >= 0.3 is 0 Å². The number of rotatable bonds is 3. The van der Waals surface area contributed by atoms with Gasteiger partial charge in [0.1, 0.15) is 0 Å². The van der Waals surface area contributed by atoms with E-state index >= 15 is 0 Å². The van der Waals surface area contributed by atoms with E-state index in [4.69, 9.17) is 9.47 Å². The first kappa shape index (κ1) is 14.6. The number of hydrogen-bond donors (Lipinski definition) is 2. The van der Waals surface area contributed by atoms with Gasteiger partial charge < -0.3 is 19.9 Å². The molecule has 0 aliphatic carbocycles. The minimum Gasteiger partial charge on any atom is -0.489 e. The molecule has 1 aliphatic rings. The maximum Gasteiger partial charge on any atom is 0.162 e. The van der Waals surface area contributed by atoms with Crippen molar-refractivity contribution in [1.29, 1.82) is 0 Å². The Kier molecular flexibility index (Phi) is 4.38. The van der Waals surface area contributed by atoms with E-state index in [-0.39, 0.29) is 5.41 Å². The van der Waals surface area contributed by atoms with Crippen LogP contribution in [-0.4, -0.2) is 31.9 Å². The lowest BCUT2D eigenvalue weighted by Crippen LogP contribution is -2.26. The van der Waals surface area contributed by atoms with Gasteiger partial charge in [-0.2, -0.15) is 0 Å². The Morgan fingerprint density at radius 3 is 2.47 bits per heavy atom. The second kappa shape index (κ2) is 5.69. The van der Waals surface area contributed by atoms with Crippen molar-refractivity contribution in [2.24, 2.45) is 5.41 Å². The van der Waals surface area contributed by atoms with Gasteiger partial charge in [-0.25, -0.2) is 0 Å². The lowest BCUT2D eigenvalue weighted by atomic mass is 9.97. The fourth-order valence-electron chi connectivity index (χ4n) is 1.92. The molecule has 0 aromatic heterocycles. The van der Waals surface area contributed by atoms with E-state index in [0.717, 1.165) is 15.8 Å². The number of aliphatic hydroxyl groups is 1. The number of nitrogens with one attached hydrogen (secondary N) is 1. The normalized spacial score (nSPS) is 18.8. The number of ether oxygens (including phenoxy) is 2. The van der Waals surface area contributed by atoms with Gasteiger partial charge in [0.05, 0.1) is 19.3 Å². The van der Waals surface area contributed by atoms with Crippen LogP contribution in [-0.2, 0) is 0 Å². The predicted octanol–water partition coefficient (Wildman–Crippen LogP) is 2.50. The standard InChI is InChI=1S/C14H20BrNO3/c1-14(2)7-18-12-4-9(11(17)6-16-3)10(15)5-13(12)19-8-14/h4-5,11,16-17H,6-8H2,1-3H3. The molecule has 1 atom stereocenters. The average molecular weight is 330 g/mol. The third kappa shape index (κ3) is 3.41. The van der Waals surface area contributed by atoms with E-state index in [9.17, 15) is 5.11 Å². The molecule has 5 heteroatoms. The molecule has 19 heavy (non-hydrogen) atoms. The molecular weight excluding hydrogens is 310 g/mol. The SMILES string of the molecule is CNCC(O)c1cc2c(cc1Br)OCC(C)(C)CO2. The Hall–Kier alpha value is -0.780. The predicted molar refractivity (Wildman–Crippen MR) is 77.8 cm³/mol. The molecule has 0 amide bonds. The van der Waals surface area contributed by atoms with Gasteiger partial charge in [0, 0.05) is 16.4 Å². The van der Waals surface area contributed by atoms with Crippen molar-refractivity contribution in [2.75, 3.05) is 26.8 Å². The molecule has 1 unspecified atom stereocenters. The summed E-state index contributed by atoms with van der Waals surface area (Å²) in [6.07, 6.45) is -0.579. The summed E-state index contributed by atoms with van der Waals surface area (Å²) < 4.78 is 12.4. The van der Waals surface area contributed by atoms with E-state index in [2.05, 4.69) is 35.1 Å². The van der Waals surface area contributed by atoms with Crippen molar-refractivity contribution in [1.82, 2.24) is 5.32 Å². The fourth-order valence-corrected chi connectivity index (χ4v) is 2.51. The van der Waals surface area contributed by atoms with Gasteiger partial charge in [0.25, 0.3) is 0 Å². The minimum absolute atomic E-state index is 0.0186. The number of hydrogen-bond acceptors (Lipinski definition) is 4. The van der Waals surface area contributed by atoms with E-state index in [1.165, 1.54) is 0 Å². The largest absolute Gasteiger partial charge is 0.489 e. The fraction of sp³-hybridized carbons (Fsp3) is 0.571. The maximum absolute atomic E-state index is 10.1. The molecule has 1 aliphatic heterocycles. The molecular formula is C14H20BrNO3. The number of halogens is 1. The summed E-state index contributed by atoms with van der Waals surface area (Å²) in [5, 5.41) is 13.0. The summed E-state index contributed by atoms with van der Waals surface area (Å²) in [4.78, 5) is 0. The number of likely N-dealkylation sites (N-methyl/N-ethyl adjacent to an activating group) is 1. The molecule has 0 spiro atoms. The van der Waals surface area contributed by atoms with E-state index in [0.29, 0.717) is 25.5 Å². The van der Waals surface area contributed by atoms with Gasteiger partial charge in [0.2, 0.25) is 0 Å². The summed E-state index contributed by atoms with van der Waals surface area (Å²) in [6, 6.07) is 3.72. The second-order valence-electron chi connectivity index (χ2n) is 5.64. The van der Waals surface area contributed by atoms with Crippen LogP contribution in [0.25, 0.3) is 0 Å².